The van der Waals surface area contributed by atoms with Crippen molar-refractivity contribution in [3.63, 3.8) is 0 Å². The zero-order valence-corrected chi connectivity index (χ0v) is 10.3. The van der Waals surface area contributed by atoms with Gasteiger partial charge in [-0.3, -0.25) is 0 Å². The molecule has 3 aromatic rings. The molecule has 0 aliphatic rings. The summed E-state index contributed by atoms with van der Waals surface area (Å²) in [5.74, 6) is 0. The number of fused-ring (bicyclic) bond motifs is 1. The van der Waals surface area contributed by atoms with E-state index in [1.54, 1.807) is 0 Å². The van der Waals surface area contributed by atoms with E-state index in [0.29, 0.717) is 6.54 Å². The van der Waals surface area contributed by atoms with E-state index in [-0.39, 0.29) is 0 Å². The lowest BCUT2D eigenvalue weighted by Gasteiger charge is -2.08. The summed E-state index contributed by atoms with van der Waals surface area (Å²) in [6, 6.07) is 14.5. The molecule has 0 amide bonds. The summed E-state index contributed by atoms with van der Waals surface area (Å²) in [5, 5.41) is 5.60. The maximum absolute atomic E-state index is 5.69. The molecule has 3 heteroatoms. The van der Waals surface area contributed by atoms with Crippen LogP contribution in [0.3, 0.4) is 0 Å². The molecule has 2 aromatic carbocycles. The van der Waals surface area contributed by atoms with Crippen LogP contribution in [0.2, 0.25) is 0 Å². The van der Waals surface area contributed by atoms with E-state index in [2.05, 4.69) is 42.4 Å². The molecule has 3 rings (SSSR count). The third-order valence-corrected chi connectivity index (χ3v) is 3.27. The van der Waals surface area contributed by atoms with E-state index in [9.17, 15) is 0 Å². The Morgan fingerprint density at radius 3 is 2.78 bits per heavy atom. The fourth-order valence-corrected chi connectivity index (χ4v) is 2.22. The quantitative estimate of drug-likeness (QED) is 0.744. The molecule has 1 aromatic heterocycles. The van der Waals surface area contributed by atoms with E-state index < -0.39 is 0 Å². The summed E-state index contributed by atoms with van der Waals surface area (Å²) in [6.07, 6.45) is 1.89. The maximum atomic E-state index is 5.69. The van der Waals surface area contributed by atoms with E-state index in [0.717, 1.165) is 16.6 Å². The second kappa shape index (κ2) is 4.27. The Morgan fingerprint density at radius 2 is 2.00 bits per heavy atom. The Balaban J connectivity index is 2.17. The topological polar surface area (TPSA) is 43.8 Å². The molecule has 18 heavy (non-hydrogen) atoms. The lowest BCUT2D eigenvalue weighted by molar-refractivity contribution is 0.905. The van der Waals surface area contributed by atoms with Crippen molar-refractivity contribution in [3.05, 3.63) is 59.8 Å². The standard InChI is InChI=1S/C15H15N3/c1-11-8-14(7-6-12(11)9-16)18-15-5-3-2-4-13(15)10-17-18/h2-8,10H,9,16H2,1H3. The fourth-order valence-electron chi connectivity index (χ4n) is 2.22. The molecule has 0 saturated carbocycles. The van der Waals surface area contributed by atoms with E-state index in [1.807, 2.05) is 23.0 Å². The minimum Gasteiger partial charge on any atom is -0.326 e. The van der Waals surface area contributed by atoms with Gasteiger partial charge in [0.05, 0.1) is 17.4 Å². The Morgan fingerprint density at radius 1 is 1.17 bits per heavy atom. The molecular weight excluding hydrogens is 222 g/mol. The molecule has 2 N–H and O–H groups in total. The summed E-state index contributed by atoms with van der Waals surface area (Å²) < 4.78 is 1.96. The fraction of sp³-hybridized carbons (Fsp3) is 0.133. The second-order valence-corrected chi connectivity index (χ2v) is 4.43. The number of aromatic nitrogens is 2. The van der Waals surface area contributed by atoms with Crippen molar-refractivity contribution in [2.45, 2.75) is 13.5 Å². The van der Waals surface area contributed by atoms with Crippen molar-refractivity contribution in [1.82, 2.24) is 9.78 Å². The Hall–Kier alpha value is -2.13. The van der Waals surface area contributed by atoms with E-state index in [1.165, 1.54) is 11.1 Å². The highest BCUT2D eigenvalue weighted by Gasteiger charge is 2.05. The van der Waals surface area contributed by atoms with Gasteiger partial charge in [0.15, 0.2) is 0 Å². The van der Waals surface area contributed by atoms with Gasteiger partial charge in [-0.25, -0.2) is 4.68 Å². The van der Waals surface area contributed by atoms with Crippen molar-refractivity contribution in [1.29, 1.82) is 0 Å². The number of aryl methyl sites for hydroxylation is 1. The summed E-state index contributed by atoms with van der Waals surface area (Å²) in [5.41, 5.74) is 10.3. The van der Waals surface area contributed by atoms with Crippen molar-refractivity contribution in [3.8, 4) is 5.69 Å². The minimum absolute atomic E-state index is 0.575. The Bertz CT molecular complexity index is 698. The van der Waals surface area contributed by atoms with Gasteiger partial charge in [-0.2, -0.15) is 5.10 Å². The first kappa shape index (κ1) is 11.0. The number of rotatable bonds is 2. The monoisotopic (exact) mass is 237 g/mol. The van der Waals surface area contributed by atoms with Crippen LogP contribution in [0.1, 0.15) is 11.1 Å². The van der Waals surface area contributed by atoms with Crippen LogP contribution in [0, 0.1) is 6.92 Å². The number of nitrogens with zero attached hydrogens (tertiary/aromatic N) is 2. The van der Waals surface area contributed by atoms with Crippen LogP contribution in [0.25, 0.3) is 16.6 Å². The zero-order chi connectivity index (χ0) is 12.5. The lowest BCUT2D eigenvalue weighted by atomic mass is 10.1. The summed E-state index contributed by atoms with van der Waals surface area (Å²) >= 11 is 0. The molecule has 3 nitrogen and oxygen atoms in total. The number of para-hydroxylation sites is 1. The normalized spacial score (nSPS) is 11.0. The van der Waals surface area contributed by atoms with Gasteiger partial charge in [-0.15, -0.1) is 0 Å². The lowest BCUT2D eigenvalue weighted by Crippen LogP contribution is -2.02. The van der Waals surface area contributed by atoms with Crippen LogP contribution in [-0.4, -0.2) is 9.78 Å². The van der Waals surface area contributed by atoms with Gasteiger partial charge in [0.1, 0.15) is 0 Å². The van der Waals surface area contributed by atoms with Gasteiger partial charge in [0, 0.05) is 11.9 Å². The molecule has 0 bridgehead atoms. The molecule has 90 valence electrons. The zero-order valence-electron chi connectivity index (χ0n) is 10.3. The van der Waals surface area contributed by atoms with Crippen molar-refractivity contribution >= 4 is 10.9 Å². The Kier molecular flexibility index (Phi) is 2.61. The predicted molar refractivity (Wildman–Crippen MR) is 73.7 cm³/mol. The van der Waals surface area contributed by atoms with Crippen molar-refractivity contribution < 1.29 is 0 Å². The SMILES string of the molecule is Cc1cc(-n2ncc3ccccc32)ccc1CN. The molecule has 0 saturated heterocycles. The average molecular weight is 237 g/mol. The largest absolute Gasteiger partial charge is 0.326 e. The Labute approximate surface area is 106 Å². The highest BCUT2D eigenvalue weighted by Crippen LogP contribution is 2.20. The van der Waals surface area contributed by atoms with E-state index >= 15 is 0 Å². The van der Waals surface area contributed by atoms with Gasteiger partial charge in [0.2, 0.25) is 0 Å². The van der Waals surface area contributed by atoms with Crippen molar-refractivity contribution in [2.24, 2.45) is 5.73 Å². The molecule has 0 unspecified atom stereocenters. The number of benzene rings is 2. The third-order valence-electron chi connectivity index (χ3n) is 3.27. The molecule has 0 radical (unpaired) electrons. The summed E-state index contributed by atoms with van der Waals surface area (Å²) in [7, 11) is 0. The minimum atomic E-state index is 0.575. The van der Waals surface area contributed by atoms with Gasteiger partial charge in [-0.1, -0.05) is 24.3 Å². The van der Waals surface area contributed by atoms with Crippen molar-refractivity contribution in [2.75, 3.05) is 0 Å². The molecule has 0 aliphatic carbocycles. The predicted octanol–water partition coefficient (Wildman–Crippen LogP) is 2.79. The van der Waals surface area contributed by atoms with Crippen LogP contribution in [0.15, 0.2) is 48.7 Å². The van der Waals surface area contributed by atoms with Gasteiger partial charge >= 0.3 is 0 Å². The number of hydrogen-bond donors (Lipinski definition) is 1. The highest BCUT2D eigenvalue weighted by atomic mass is 15.3. The van der Waals surface area contributed by atoms with Crippen LogP contribution in [0.4, 0.5) is 0 Å². The first-order valence-electron chi connectivity index (χ1n) is 6.02. The van der Waals surface area contributed by atoms with Crippen LogP contribution < -0.4 is 5.73 Å². The number of nitrogens with two attached hydrogens (primary N) is 1. The smallest absolute Gasteiger partial charge is 0.0741 e. The maximum Gasteiger partial charge on any atom is 0.0741 e. The molecule has 1 heterocycles. The van der Waals surface area contributed by atoms with Crippen LogP contribution in [-0.2, 0) is 6.54 Å². The first-order chi connectivity index (χ1) is 8.79. The molecule has 0 spiro atoms. The molecule has 0 atom stereocenters. The molecule has 0 fully saturated rings. The van der Waals surface area contributed by atoms with Gasteiger partial charge in [-0.05, 0) is 36.2 Å². The van der Waals surface area contributed by atoms with Crippen LogP contribution >= 0.6 is 0 Å². The molecular formula is C15H15N3. The molecule has 0 aliphatic heterocycles. The third kappa shape index (κ3) is 1.69. The highest BCUT2D eigenvalue weighted by molar-refractivity contribution is 5.80. The summed E-state index contributed by atoms with van der Waals surface area (Å²) in [6.45, 7) is 2.66. The average Bonchev–Trinajstić information content (AvgIpc) is 2.82. The van der Waals surface area contributed by atoms with Gasteiger partial charge in [0.25, 0.3) is 0 Å². The van der Waals surface area contributed by atoms with Crippen LogP contribution in [0.5, 0.6) is 0 Å². The number of hydrogen-bond acceptors (Lipinski definition) is 2. The van der Waals surface area contributed by atoms with Gasteiger partial charge < -0.3 is 5.73 Å². The first-order valence-corrected chi connectivity index (χ1v) is 6.02. The summed E-state index contributed by atoms with van der Waals surface area (Å²) in [4.78, 5) is 0. The second-order valence-electron chi connectivity index (χ2n) is 4.43. The van der Waals surface area contributed by atoms with E-state index in [4.69, 9.17) is 5.73 Å².